The molecular formula is C14H19FN2. The van der Waals surface area contributed by atoms with Crippen LogP contribution < -0.4 is 5.73 Å². The fourth-order valence-electron chi connectivity index (χ4n) is 1.68. The van der Waals surface area contributed by atoms with Crippen LogP contribution in [0.4, 0.5) is 10.1 Å². The molecule has 0 spiro atoms. The molecule has 0 saturated carbocycles. The van der Waals surface area contributed by atoms with Crippen LogP contribution in [0.5, 0.6) is 0 Å². The summed E-state index contributed by atoms with van der Waals surface area (Å²) in [5.74, 6) is -0.324. The van der Waals surface area contributed by atoms with Crippen molar-refractivity contribution < 1.29 is 4.39 Å². The van der Waals surface area contributed by atoms with Gasteiger partial charge in [-0.05, 0) is 26.0 Å². The van der Waals surface area contributed by atoms with Gasteiger partial charge in [-0.1, -0.05) is 24.3 Å². The fourth-order valence-corrected chi connectivity index (χ4v) is 1.68. The molecule has 3 heteroatoms. The Morgan fingerprint density at radius 3 is 2.71 bits per heavy atom. The average Bonchev–Trinajstić information content (AvgIpc) is 2.31. The zero-order valence-electron chi connectivity index (χ0n) is 10.6. The summed E-state index contributed by atoms with van der Waals surface area (Å²) in [6.45, 7) is 4.42. The standard InChI is InChI=1S/C14H19FN2/c1-4-7-12(5-2)17(3)10-11-8-6-9-13(16)14(11)15/h4-9H,10,16H2,1-3H3/b7-4-,12-5+. The third kappa shape index (κ3) is 3.34. The molecule has 0 fully saturated rings. The van der Waals surface area contributed by atoms with Crippen molar-refractivity contribution in [3.05, 3.63) is 53.5 Å². The third-order valence-corrected chi connectivity index (χ3v) is 2.59. The van der Waals surface area contributed by atoms with Crippen molar-refractivity contribution in [2.24, 2.45) is 0 Å². The Kier molecular flexibility index (Phi) is 4.76. The van der Waals surface area contributed by atoms with Gasteiger partial charge in [0.05, 0.1) is 5.69 Å². The number of allylic oxidation sites excluding steroid dienone is 3. The highest BCUT2D eigenvalue weighted by Gasteiger charge is 2.08. The molecule has 0 saturated heterocycles. The van der Waals surface area contributed by atoms with Gasteiger partial charge in [0.1, 0.15) is 0 Å². The smallest absolute Gasteiger partial charge is 0.151 e. The Bertz CT molecular complexity index is 436. The quantitative estimate of drug-likeness (QED) is 0.639. The first-order valence-corrected chi connectivity index (χ1v) is 5.63. The summed E-state index contributed by atoms with van der Waals surface area (Å²) < 4.78 is 13.7. The minimum Gasteiger partial charge on any atom is -0.396 e. The number of hydrogen-bond acceptors (Lipinski definition) is 2. The predicted octanol–water partition coefficient (Wildman–Crippen LogP) is 3.32. The van der Waals surface area contributed by atoms with Crippen LogP contribution in [0.2, 0.25) is 0 Å². The lowest BCUT2D eigenvalue weighted by molar-refractivity contribution is 0.413. The molecule has 2 nitrogen and oxygen atoms in total. The maximum absolute atomic E-state index is 13.7. The molecule has 0 atom stereocenters. The van der Waals surface area contributed by atoms with E-state index >= 15 is 0 Å². The first-order valence-electron chi connectivity index (χ1n) is 5.63. The van der Waals surface area contributed by atoms with Crippen LogP contribution in [0.15, 0.2) is 42.1 Å². The number of nitrogens with two attached hydrogens (primary N) is 1. The Morgan fingerprint density at radius 2 is 2.12 bits per heavy atom. The average molecular weight is 234 g/mol. The van der Waals surface area contributed by atoms with Gasteiger partial charge in [0, 0.05) is 24.9 Å². The van der Waals surface area contributed by atoms with Crippen molar-refractivity contribution in [2.75, 3.05) is 12.8 Å². The van der Waals surface area contributed by atoms with Crippen LogP contribution in [-0.2, 0) is 6.54 Å². The van der Waals surface area contributed by atoms with E-state index in [9.17, 15) is 4.39 Å². The van der Waals surface area contributed by atoms with Crippen molar-refractivity contribution in [1.29, 1.82) is 0 Å². The monoisotopic (exact) mass is 234 g/mol. The van der Waals surface area contributed by atoms with E-state index in [1.807, 2.05) is 44.0 Å². The van der Waals surface area contributed by atoms with Gasteiger partial charge < -0.3 is 10.6 Å². The molecular weight excluding hydrogens is 215 g/mol. The molecule has 0 aromatic heterocycles. The normalized spacial score (nSPS) is 12.1. The molecule has 1 aromatic rings. The number of anilines is 1. The molecule has 2 N–H and O–H groups in total. The van der Waals surface area contributed by atoms with Gasteiger partial charge in [-0.25, -0.2) is 4.39 Å². The van der Waals surface area contributed by atoms with E-state index in [-0.39, 0.29) is 11.5 Å². The zero-order valence-corrected chi connectivity index (χ0v) is 10.6. The molecule has 17 heavy (non-hydrogen) atoms. The highest BCUT2D eigenvalue weighted by Crippen LogP contribution is 2.18. The summed E-state index contributed by atoms with van der Waals surface area (Å²) in [6.07, 6.45) is 5.94. The summed E-state index contributed by atoms with van der Waals surface area (Å²) in [4.78, 5) is 1.98. The first-order chi connectivity index (χ1) is 8.10. The maximum Gasteiger partial charge on any atom is 0.151 e. The van der Waals surface area contributed by atoms with Crippen molar-refractivity contribution in [3.63, 3.8) is 0 Å². The van der Waals surface area contributed by atoms with Crippen LogP contribution in [0.1, 0.15) is 19.4 Å². The topological polar surface area (TPSA) is 29.3 Å². The van der Waals surface area contributed by atoms with Crippen molar-refractivity contribution in [2.45, 2.75) is 20.4 Å². The Balaban J connectivity index is 2.87. The maximum atomic E-state index is 13.7. The zero-order chi connectivity index (χ0) is 12.8. The van der Waals surface area contributed by atoms with Crippen LogP contribution in [0, 0.1) is 5.82 Å². The molecule has 0 amide bonds. The van der Waals surface area contributed by atoms with Gasteiger partial charge >= 0.3 is 0 Å². The lowest BCUT2D eigenvalue weighted by atomic mass is 10.1. The Morgan fingerprint density at radius 1 is 1.41 bits per heavy atom. The van der Waals surface area contributed by atoms with Gasteiger partial charge in [0.15, 0.2) is 5.82 Å². The number of hydrogen-bond donors (Lipinski definition) is 1. The third-order valence-electron chi connectivity index (χ3n) is 2.59. The number of rotatable bonds is 4. The summed E-state index contributed by atoms with van der Waals surface area (Å²) in [7, 11) is 1.93. The van der Waals surface area contributed by atoms with Gasteiger partial charge in [0.2, 0.25) is 0 Å². The second kappa shape index (κ2) is 6.09. The number of halogens is 1. The minimum absolute atomic E-state index is 0.198. The predicted molar refractivity (Wildman–Crippen MR) is 70.9 cm³/mol. The van der Waals surface area contributed by atoms with Crippen molar-refractivity contribution >= 4 is 5.69 Å². The van der Waals surface area contributed by atoms with E-state index in [4.69, 9.17) is 5.73 Å². The lowest BCUT2D eigenvalue weighted by Gasteiger charge is -2.21. The van der Waals surface area contributed by atoms with E-state index in [0.29, 0.717) is 12.1 Å². The van der Waals surface area contributed by atoms with Crippen LogP contribution >= 0.6 is 0 Å². The van der Waals surface area contributed by atoms with E-state index in [0.717, 1.165) is 5.70 Å². The van der Waals surface area contributed by atoms with Crippen molar-refractivity contribution in [3.8, 4) is 0 Å². The summed E-state index contributed by atoms with van der Waals surface area (Å²) in [6, 6.07) is 5.10. The summed E-state index contributed by atoms with van der Waals surface area (Å²) >= 11 is 0. The van der Waals surface area contributed by atoms with Gasteiger partial charge in [-0.2, -0.15) is 0 Å². The van der Waals surface area contributed by atoms with Gasteiger partial charge in [0.25, 0.3) is 0 Å². The Labute approximate surface area is 102 Å². The first kappa shape index (κ1) is 13.3. The van der Waals surface area contributed by atoms with Crippen LogP contribution in [0.25, 0.3) is 0 Å². The summed E-state index contributed by atoms with van der Waals surface area (Å²) in [5.41, 5.74) is 7.40. The van der Waals surface area contributed by atoms with Crippen LogP contribution in [-0.4, -0.2) is 11.9 Å². The number of benzene rings is 1. The minimum atomic E-state index is -0.324. The molecule has 0 aliphatic rings. The highest BCUT2D eigenvalue weighted by atomic mass is 19.1. The lowest BCUT2D eigenvalue weighted by Crippen LogP contribution is -2.17. The van der Waals surface area contributed by atoms with Crippen LogP contribution in [0.3, 0.4) is 0 Å². The molecule has 0 aliphatic carbocycles. The van der Waals surface area contributed by atoms with Gasteiger partial charge in [-0.3, -0.25) is 0 Å². The Hall–Kier alpha value is -1.77. The molecule has 1 rings (SSSR count). The molecule has 1 aromatic carbocycles. The van der Waals surface area contributed by atoms with E-state index in [1.54, 1.807) is 18.2 Å². The highest BCUT2D eigenvalue weighted by molar-refractivity contribution is 5.43. The molecule has 0 bridgehead atoms. The molecule has 92 valence electrons. The molecule has 0 radical (unpaired) electrons. The van der Waals surface area contributed by atoms with E-state index in [1.165, 1.54) is 0 Å². The summed E-state index contributed by atoms with van der Waals surface area (Å²) in [5, 5.41) is 0. The molecule has 0 unspecified atom stereocenters. The number of nitrogens with zero attached hydrogens (tertiary/aromatic N) is 1. The second-order valence-electron chi connectivity index (χ2n) is 3.89. The van der Waals surface area contributed by atoms with Crippen molar-refractivity contribution in [1.82, 2.24) is 4.90 Å². The second-order valence-corrected chi connectivity index (χ2v) is 3.89. The molecule has 0 heterocycles. The van der Waals surface area contributed by atoms with E-state index < -0.39 is 0 Å². The largest absolute Gasteiger partial charge is 0.396 e. The number of nitrogen functional groups attached to an aromatic ring is 1. The molecule has 0 aliphatic heterocycles. The van der Waals surface area contributed by atoms with E-state index in [2.05, 4.69) is 0 Å². The van der Waals surface area contributed by atoms with Gasteiger partial charge in [-0.15, -0.1) is 0 Å². The fraction of sp³-hybridized carbons (Fsp3) is 0.286. The number of likely N-dealkylation sites (N-methyl/N-ethyl adjacent to an activating group) is 1. The SMILES string of the molecule is C/C=C\C(=C/C)N(C)Cc1cccc(N)c1F.